The van der Waals surface area contributed by atoms with E-state index < -0.39 is 6.09 Å². The summed E-state index contributed by atoms with van der Waals surface area (Å²) < 4.78 is 0. The van der Waals surface area contributed by atoms with Crippen LogP contribution in [0.5, 0.6) is 0 Å². The van der Waals surface area contributed by atoms with Crippen LogP contribution in [0.15, 0.2) is 12.1 Å². The summed E-state index contributed by atoms with van der Waals surface area (Å²) in [6, 6.07) is 3.91. The molecule has 0 aromatic heterocycles. The first-order valence-corrected chi connectivity index (χ1v) is 8.18. The standard InChI is InChI=1S/C16H25ClN4O2/c1-12-14(18-4-5-19(2)3)10-13(17)11-15(12)20-6-8-21(9-7-20)16(22)23/h10-11,18H,4-9H2,1-3H3,(H,22,23). The molecule has 1 aliphatic rings. The van der Waals surface area contributed by atoms with Gasteiger partial charge in [-0.05, 0) is 38.7 Å². The summed E-state index contributed by atoms with van der Waals surface area (Å²) >= 11 is 6.28. The molecule has 0 unspecified atom stereocenters. The normalized spacial score (nSPS) is 15.2. The number of nitrogens with one attached hydrogen (secondary N) is 1. The number of likely N-dealkylation sites (N-methyl/N-ethyl adjacent to an activating group) is 1. The number of benzene rings is 1. The van der Waals surface area contributed by atoms with Gasteiger partial charge in [0, 0.05) is 55.7 Å². The molecule has 0 aliphatic carbocycles. The fourth-order valence-electron chi connectivity index (χ4n) is 2.73. The average molecular weight is 341 g/mol. The van der Waals surface area contributed by atoms with E-state index in [1.54, 1.807) is 0 Å². The van der Waals surface area contributed by atoms with Crippen LogP contribution in [-0.4, -0.2) is 74.4 Å². The van der Waals surface area contributed by atoms with Gasteiger partial charge in [0.25, 0.3) is 0 Å². The van der Waals surface area contributed by atoms with Gasteiger partial charge >= 0.3 is 6.09 Å². The van der Waals surface area contributed by atoms with Gasteiger partial charge < -0.3 is 25.1 Å². The molecule has 128 valence electrons. The summed E-state index contributed by atoms with van der Waals surface area (Å²) in [6.07, 6.45) is -0.849. The minimum absolute atomic E-state index is 0.519. The molecule has 1 aromatic rings. The molecule has 2 rings (SSSR count). The summed E-state index contributed by atoms with van der Waals surface area (Å²) in [4.78, 5) is 16.8. The molecular formula is C16H25ClN4O2. The fourth-order valence-corrected chi connectivity index (χ4v) is 2.94. The molecule has 6 nitrogen and oxygen atoms in total. The van der Waals surface area contributed by atoms with E-state index in [-0.39, 0.29) is 0 Å². The lowest BCUT2D eigenvalue weighted by atomic mass is 10.1. The molecule has 1 aromatic carbocycles. The third-order valence-electron chi connectivity index (χ3n) is 4.11. The van der Waals surface area contributed by atoms with E-state index in [2.05, 4.69) is 22.0 Å². The van der Waals surface area contributed by atoms with E-state index in [9.17, 15) is 4.79 Å². The van der Waals surface area contributed by atoms with Crippen molar-refractivity contribution >= 4 is 29.1 Å². The molecular weight excluding hydrogens is 316 g/mol. The van der Waals surface area contributed by atoms with Crippen LogP contribution in [-0.2, 0) is 0 Å². The maximum atomic E-state index is 11.0. The maximum Gasteiger partial charge on any atom is 0.407 e. The largest absolute Gasteiger partial charge is 0.465 e. The Bertz CT molecular complexity index is 557. The molecule has 1 aliphatic heterocycles. The van der Waals surface area contributed by atoms with Crippen molar-refractivity contribution in [2.24, 2.45) is 0 Å². The van der Waals surface area contributed by atoms with Gasteiger partial charge in [0.15, 0.2) is 0 Å². The monoisotopic (exact) mass is 340 g/mol. The van der Waals surface area contributed by atoms with Crippen molar-refractivity contribution in [1.82, 2.24) is 9.80 Å². The highest BCUT2D eigenvalue weighted by atomic mass is 35.5. The molecule has 1 amide bonds. The lowest BCUT2D eigenvalue weighted by Gasteiger charge is -2.36. The minimum Gasteiger partial charge on any atom is -0.465 e. The summed E-state index contributed by atoms with van der Waals surface area (Å²) in [5.74, 6) is 0. The number of hydrogen-bond acceptors (Lipinski definition) is 4. The lowest BCUT2D eigenvalue weighted by molar-refractivity contribution is 0.142. The average Bonchev–Trinajstić information content (AvgIpc) is 2.50. The van der Waals surface area contributed by atoms with Crippen molar-refractivity contribution in [2.45, 2.75) is 6.92 Å². The quantitative estimate of drug-likeness (QED) is 0.862. The maximum absolute atomic E-state index is 11.0. The number of rotatable bonds is 5. The first-order valence-electron chi connectivity index (χ1n) is 7.80. The molecule has 0 bridgehead atoms. The number of piperazine rings is 1. The van der Waals surface area contributed by atoms with Crippen LogP contribution in [0.3, 0.4) is 0 Å². The molecule has 23 heavy (non-hydrogen) atoms. The zero-order valence-electron chi connectivity index (χ0n) is 14.0. The molecule has 0 spiro atoms. The van der Waals surface area contributed by atoms with Gasteiger partial charge in [-0.15, -0.1) is 0 Å². The summed E-state index contributed by atoms with van der Waals surface area (Å²) in [5, 5.41) is 13.2. The lowest BCUT2D eigenvalue weighted by Crippen LogP contribution is -2.48. The topological polar surface area (TPSA) is 59.0 Å². The predicted octanol–water partition coefficient (Wildman–Crippen LogP) is 2.42. The Balaban J connectivity index is 2.10. The van der Waals surface area contributed by atoms with Gasteiger partial charge in [-0.2, -0.15) is 0 Å². The fraction of sp³-hybridized carbons (Fsp3) is 0.562. The van der Waals surface area contributed by atoms with E-state index in [1.165, 1.54) is 4.90 Å². The summed E-state index contributed by atoms with van der Waals surface area (Å²) in [7, 11) is 4.08. The number of amides is 1. The smallest absolute Gasteiger partial charge is 0.407 e. The highest BCUT2D eigenvalue weighted by Gasteiger charge is 2.22. The van der Waals surface area contributed by atoms with Crippen LogP contribution in [0.2, 0.25) is 5.02 Å². The summed E-state index contributed by atoms with van der Waals surface area (Å²) in [6.45, 7) is 6.27. The van der Waals surface area contributed by atoms with Gasteiger partial charge in [-0.1, -0.05) is 11.6 Å². The van der Waals surface area contributed by atoms with Crippen LogP contribution in [0.25, 0.3) is 0 Å². The van der Waals surface area contributed by atoms with E-state index in [0.717, 1.165) is 30.0 Å². The molecule has 1 fully saturated rings. The Morgan fingerprint density at radius 2 is 1.96 bits per heavy atom. The Morgan fingerprint density at radius 3 is 2.52 bits per heavy atom. The van der Waals surface area contributed by atoms with Crippen molar-refractivity contribution in [3.8, 4) is 0 Å². The van der Waals surface area contributed by atoms with Crippen molar-refractivity contribution in [3.05, 3.63) is 22.7 Å². The molecule has 1 saturated heterocycles. The Labute approximate surface area is 142 Å². The van der Waals surface area contributed by atoms with E-state index >= 15 is 0 Å². The van der Waals surface area contributed by atoms with Gasteiger partial charge in [0.2, 0.25) is 0 Å². The Morgan fingerprint density at radius 1 is 1.30 bits per heavy atom. The molecule has 7 heteroatoms. The van der Waals surface area contributed by atoms with Crippen LogP contribution >= 0.6 is 11.6 Å². The summed E-state index contributed by atoms with van der Waals surface area (Å²) in [5.41, 5.74) is 3.27. The second kappa shape index (κ2) is 7.75. The third-order valence-corrected chi connectivity index (χ3v) is 4.33. The zero-order chi connectivity index (χ0) is 17.0. The van der Waals surface area contributed by atoms with E-state index in [4.69, 9.17) is 16.7 Å². The van der Waals surface area contributed by atoms with E-state index in [1.807, 2.05) is 26.2 Å². The number of nitrogens with zero attached hydrogens (tertiary/aromatic N) is 3. The molecule has 0 atom stereocenters. The number of carboxylic acid groups (broad SMARTS) is 1. The molecule has 0 saturated carbocycles. The Kier molecular flexibility index (Phi) is 5.96. The first kappa shape index (κ1) is 17.7. The van der Waals surface area contributed by atoms with Crippen molar-refractivity contribution in [1.29, 1.82) is 0 Å². The van der Waals surface area contributed by atoms with Crippen molar-refractivity contribution in [2.75, 3.05) is 63.6 Å². The second-order valence-electron chi connectivity index (χ2n) is 6.08. The van der Waals surface area contributed by atoms with Gasteiger partial charge in [0.05, 0.1) is 0 Å². The van der Waals surface area contributed by atoms with Crippen LogP contribution in [0, 0.1) is 6.92 Å². The number of hydrogen-bond donors (Lipinski definition) is 2. The van der Waals surface area contributed by atoms with Crippen LogP contribution in [0.1, 0.15) is 5.56 Å². The highest BCUT2D eigenvalue weighted by molar-refractivity contribution is 6.31. The SMILES string of the molecule is Cc1c(NCCN(C)C)cc(Cl)cc1N1CCN(C(=O)O)CC1. The van der Waals surface area contributed by atoms with Gasteiger partial charge in [0.1, 0.15) is 0 Å². The van der Waals surface area contributed by atoms with Gasteiger partial charge in [-0.3, -0.25) is 0 Å². The Hall–Kier alpha value is -1.66. The van der Waals surface area contributed by atoms with Crippen molar-refractivity contribution in [3.63, 3.8) is 0 Å². The first-order chi connectivity index (χ1) is 10.9. The van der Waals surface area contributed by atoms with Crippen LogP contribution in [0.4, 0.5) is 16.2 Å². The predicted molar refractivity (Wildman–Crippen MR) is 95.0 cm³/mol. The number of carbonyl (C=O) groups is 1. The zero-order valence-corrected chi connectivity index (χ0v) is 14.7. The van der Waals surface area contributed by atoms with E-state index in [0.29, 0.717) is 31.2 Å². The van der Waals surface area contributed by atoms with Gasteiger partial charge in [-0.25, -0.2) is 4.79 Å². The molecule has 2 N–H and O–H groups in total. The third kappa shape index (κ3) is 4.65. The number of halogens is 1. The van der Waals surface area contributed by atoms with Crippen LogP contribution < -0.4 is 10.2 Å². The highest BCUT2D eigenvalue weighted by Crippen LogP contribution is 2.31. The van der Waals surface area contributed by atoms with Crippen molar-refractivity contribution < 1.29 is 9.90 Å². The number of anilines is 2. The minimum atomic E-state index is -0.849. The second-order valence-corrected chi connectivity index (χ2v) is 6.52. The molecule has 1 heterocycles. The molecule has 0 radical (unpaired) electrons.